The molecule has 0 spiro atoms. The Balaban J connectivity index is 1.77. The van der Waals surface area contributed by atoms with Crippen LogP contribution in [0.4, 0.5) is 15.8 Å². The van der Waals surface area contributed by atoms with Crippen molar-refractivity contribution in [1.82, 2.24) is 5.32 Å². The van der Waals surface area contributed by atoms with Crippen molar-refractivity contribution in [2.45, 2.75) is 6.04 Å². The van der Waals surface area contributed by atoms with E-state index in [1.165, 1.54) is 6.07 Å². The highest BCUT2D eigenvalue weighted by Crippen LogP contribution is 2.27. The van der Waals surface area contributed by atoms with E-state index < -0.39 is 0 Å². The Labute approximate surface area is 121 Å². The van der Waals surface area contributed by atoms with Crippen molar-refractivity contribution in [3.8, 4) is 0 Å². The first-order valence-corrected chi connectivity index (χ1v) is 6.87. The largest absolute Gasteiger partial charge is 0.358 e. The molecule has 1 atom stereocenters. The van der Waals surface area contributed by atoms with Gasteiger partial charge in [-0.25, -0.2) is 9.40 Å². The minimum absolute atomic E-state index is 0.0430. The first kappa shape index (κ1) is 13.7. The van der Waals surface area contributed by atoms with Crippen LogP contribution >= 0.6 is 0 Å². The fraction of sp³-hybridized carbons (Fsp3) is 0.462. The van der Waals surface area contributed by atoms with E-state index in [1.54, 1.807) is 22.0 Å². The molecule has 0 radical (unpaired) electrons. The number of hydrogen-bond acceptors (Lipinski definition) is 6. The second-order valence-electron chi connectivity index (χ2n) is 5.08. The van der Waals surface area contributed by atoms with Gasteiger partial charge in [-0.3, -0.25) is 4.79 Å². The minimum atomic E-state index is -0.367. The molecule has 21 heavy (non-hydrogen) atoms. The summed E-state index contributed by atoms with van der Waals surface area (Å²) in [4.78, 5) is 13.1. The number of nitrogens with two attached hydrogens (primary N) is 1. The Hall–Kier alpha value is -2.22. The number of piperazine rings is 1. The lowest BCUT2D eigenvalue weighted by Gasteiger charge is -2.29. The molecule has 2 aliphatic heterocycles. The van der Waals surface area contributed by atoms with E-state index in [0.29, 0.717) is 37.6 Å². The lowest BCUT2D eigenvalue weighted by atomic mass is 10.2. The van der Waals surface area contributed by atoms with E-state index in [4.69, 9.17) is 5.73 Å². The Morgan fingerprint density at radius 2 is 2.33 bits per heavy atom. The molecule has 3 N–H and O–H groups in total. The second-order valence-corrected chi connectivity index (χ2v) is 5.08. The number of hydrogen-bond donors (Lipinski definition) is 2. The molecule has 112 valence electrons. The third kappa shape index (κ3) is 2.80. The quantitative estimate of drug-likeness (QED) is 0.837. The van der Waals surface area contributed by atoms with Crippen molar-refractivity contribution in [2.75, 3.05) is 42.6 Å². The van der Waals surface area contributed by atoms with Crippen LogP contribution in [0.5, 0.6) is 0 Å². The zero-order valence-corrected chi connectivity index (χ0v) is 11.5. The van der Waals surface area contributed by atoms with Crippen molar-refractivity contribution in [2.24, 2.45) is 16.1 Å². The summed E-state index contributed by atoms with van der Waals surface area (Å²) in [6.07, 6.45) is 0. The number of amides is 1. The van der Waals surface area contributed by atoms with E-state index >= 15 is 0 Å². The number of carbonyl (C=O) groups excluding carboxylic acids is 1. The van der Waals surface area contributed by atoms with Gasteiger partial charge < -0.3 is 16.0 Å². The average molecular weight is 292 g/mol. The summed E-state index contributed by atoms with van der Waals surface area (Å²) in [5, 5.41) is 12.3. The fourth-order valence-corrected chi connectivity index (χ4v) is 2.44. The van der Waals surface area contributed by atoms with Crippen molar-refractivity contribution >= 4 is 17.3 Å². The van der Waals surface area contributed by atoms with E-state index in [-0.39, 0.29) is 24.3 Å². The van der Waals surface area contributed by atoms with Crippen LogP contribution in [0.25, 0.3) is 0 Å². The van der Waals surface area contributed by atoms with Crippen LogP contribution in [0.1, 0.15) is 0 Å². The Bertz CT molecular complexity index is 578. The summed E-state index contributed by atoms with van der Waals surface area (Å²) >= 11 is 0. The molecule has 2 aliphatic rings. The van der Waals surface area contributed by atoms with Crippen LogP contribution in [0.2, 0.25) is 0 Å². The molecule has 1 aromatic rings. The molecular weight excluding hydrogens is 275 g/mol. The second kappa shape index (κ2) is 5.65. The number of benzene rings is 1. The lowest BCUT2D eigenvalue weighted by molar-refractivity contribution is -0.120. The molecule has 1 fully saturated rings. The first-order valence-electron chi connectivity index (χ1n) is 6.87. The molecule has 0 aliphatic carbocycles. The maximum absolute atomic E-state index is 14.3. The van der Waals surface area contributed by atoms with E-state index in [1.807, 2.05) is 0 Å². The summed E-state index contributed by atoms with van der Waals surface area (Å²) < 4.78 is 14.3. The highest BCUT2D eigenvalue weighted by Gasteiger charge is 2.22. The molecular formula is C13H17FN6O. The van der Waals surface area contributed by atoms with Gasteiger partial charge in [-0.05, 0) is 12.1 Å². The minimum Gasteiger partial charge on any atom is -0.358 e. The van der Waals surface area contributed by atoms with Gasteiger partial charge in [0.05, 0.1) is 24.5 Å². The van der Waals surface area contributed by atoms with Crippen LogP contribution in [0.3, 0.4) is 0 Å². The van der Waals surface area contributed by atoms with Crippen LogP contribution < -0.4 is 21.0 Å². The highest BCUT2D eigenvalue weighted by atomic mass is 19.1. The molecule has 1 unspecified atom stereocenters. The molecule has 3 rings (SSSR count). The maximum Gasteiger partial charge on any atom is 0.239 e. The van der Waals surface area contributed by atoms with Gasteiger partial charge in [0.1, 0.15) is 11.9 Å². The maximum atomic E-state index is 14.3. The van der Waals surface area contributed by atoms with Crippen molar-refractivity contribution in [3.05, 3.63) is 24.0 Å². The van der Waals surface area contributed by atoms with Gasteiger partial charge in [-0.15, -0.1) is 0 Å². The van der Waals surface area contributed by atoms with Crippen molar-refractivity contribution in [3.63, 3.8) is 0 Å². The van der Waals surface area contributed by atoms with Crippen LogP contribution in [-0.2, 0) is 4.79 Å². The number of nitrogens with one attached hydrogen (secondary N) is 1. The third-order valence-electron chi connectivity index (χ3n) is 3.59. The van der Waals surface area contributed by atoms with Gasteiger partial charge in [-0.2, -0.15) is 5.11 Å². The summed E-state index contributed by atoms with van der Waals surface area (Å²) in [5.41, 5.74) is 6.61. The molecule has 0 saturated carbocycles. The smallest absolute Gasteiger partial charge is 0.239 e. The summed E-state index contributed by atoms with van der Waals surface area (Å²) in [7, 11) is 0. The monoisotopic (exact) mass is 292 g/mol. The lowest BCUT2D eigenvalue weighted by Crippen LogP contribution is -2.48. The van der Waals surface area contributed by atoms with E-state index in [9.17, 15) is 9.18 Å². The molecule has 8 heteroatoms. The Kier molecular flexibility index (Phi) is 3.70. The van der Waals surface area contributed by atoms with Crippen molar-refractivity contribution < 1.29 is 9.18 Å². The fourth-order valence-electron chi connectivity index (χ4n) is 2.44. The molecule has 1 aromatic carbocycles. The Morgan fingerprint density at radius 3 is 3.00 bits per heavy atom. The van der Waals surface area contributed by atoms with E-state index in [2.05, 4.69) is 15.7 Å². The molecule has 2 heterocycles. The van der Waals surface area contributed by atoms with Gasteiger partial charge in [0.2, 0.25) is 5.91 Å². The number of halogens is 1. The topological polar surface area (TPSA) is 86.3 Å². The summed E-state index contributed by atoms with van der Waals surface area (Å²) in [6, 6.07) is 4.83. The standard InChI is InChI=1S/C13H17FN6O/c14-11-5-10(20-7-9(6-15)17-18-20)1-2-12(11)19-4-3-16-13(21)8-19/h1-2,5,9H,3-4,6-8,15H2,(H,16,21). The number of rotatable bonds is 3. The number of anilines is 2. The molecule has 0 aromatic heterocycles. The summed E-state index contributed by atoms with van der Waals surface area (Å²) in [6.45, 7) is 2.28. The van der Waals surface area contributed by atoms with Crippen molar-refractivity contribution in [1.29, 1.82) is 0 Å². The predicted molar refractivity (Wildman–Crippen MR) is 76.7 cm³/mol. The SMILES string of the molecule is NCC1CN(c2ccc(N3CCNC(=O)C3)c(F)c2)N=N1. The summed E-state index contributed by atoms with van der Waals surface area (Å²) in [5.74, 6) is -0.461. The predicted octanol–water partition coefficient (Wildman–Crippen LogP) is 0.276. The van der Waals surface area contributed by atoms with Gasteiger partial charge in [0.25, 0.3) is 0 Å². The zero-order valence-electron chi connectivity index (χ0n) is 11.5. The number of nitrogens with zero attached hydrogens (tertiary/aromatic N) is 4. The molecule has 7 nitrogen and oxygen atoms in total. The molecule has 0 bridgehead atoms. The average Bonchev–Trinajstić information content (AvgIpc) is 2.96. The molecule has 1 saturated heterocycles. The van der Waals surface area contributed by atoms with Gasteiger partial charge in [0, 0.05) is 25.7 Å². The van der Waals surface area contributed by atoms with Crippen LogP contribution in [-0.4, -0.2) is 44.7 Å². The van der Waals surface area contributed by atoms with Gasteiger partial charge in [0.15, 0.2) is 0 Å². The highest BCUT2D eigenvalue weighted by molar-refractivity contribution is 5.82. The Morgan fingerprint density at radius 1 is 1.48 bits per heavy atom. The number of carbonyl (C=O) groups is 1. The van der Waals surface area contributed by atoms with Crippen LogP contribution in [0.15, 0.2) is 28.5 Å². The van der Waals surface area contributed by atoms with Gasteiger partial charge in [-0.1, -0.05) is 5.22 Å². The van der Waals surface area contributed by atoms with Gasteiger partial charge >= 0.3 is 0 Å². The molecule has 1 amide bonds. The normalized spacial score (nSPS) is 21.8. The third-order valence-corrected chi connectivity index (χ3v) is 3.59. The van der Waals surface area contributed by atoms with E-state index in [0.717, 1.165) is 0 Å². The van der Waals surface area contributed by atoms with Crippen LogP contribution in [0, 0.1) is 5.82 Å². The first-order chi connectivity index (χ1) is 10.2. The zero-order chi connectivity index (χ0) is 14.8.